The first-order valence-corrected chi connectivity index (χ1v) is 7.50. The molecule has 21 heavy (non-hydrogen) atoms. The topological polar surface area (TPSA) is 71.2 Å². The first-order valence-electron chi connectivity index (χ1n) is 7.09. The summed E-state index contributed by atoms with van der Waals surface area (Å²) in [5.41, 5.74) is 7.53. The number of likely N-dealkylation sites (tertiary alicyclic amines) is 1. The molecule has 2 rings (SSSR count). The van der Waals surface area contributed by atoms with Gasteiger partial charge in [0, 0.05) is 18.8 Å². The van der Waals surface area contributed by atoms with E-state index in [9.17, 15) is 4.79 Å². The second-order valence-corrected chi connectivity index (χ2v) is 6.23. The number of nitrogens with one attached hydrogen (secondary N) is 1. The molecular weight excluding hydrogens is 284 g/mol. The molecule has 1 aliphatic rings. The monoisotopic (exact) mass is 306 g/mol. The fraction of sp³-hybridized carbons (Fsp3) is 0.533. The molecule has 1 amide bonds. The lowest BCUT2D eigenvalue weighted by molar-refractivity contribution is 0.0889. The van der Waals surface area contributed by atoms with E-state index in [1.165, 1.54) is 0 Å². The van der Waals surface area contributed by atoms with E-state index in [1.54, 1.807) is 6.07 Å². The van der Waals surface area contributed by atoms with Gasteiger partial charge in [0.1, 0.15) is 0 Å². The first kappa shape index (κ1) is 15.9. The maximum atomic E-state index is 12.6. The minimum Gasteiger partial charge on any atom is -0.391 e. The number of hydrogen-bond acceptors (Lipinski definition) is 4. The fourth-order valence-electron chi connectivity index (χ4n) is 2.64. The Morgan fingerprint density at radius 1 is 1.38 bits per heavy atom. The van der Waals surface area contributed by atoms with E-state index in [0.29, 0.717) is 10.6 Å². The van der Waals surface area contributed by atoms with Gasteiger partial charge in [-0.15, -0.1) is 0 Å². The van der Waals surface area contributed by atoms with E-state index >= 15 is 0 Å². The molecule has 2 heterocycles. The van der Waals surface area contributed by atoms with Crippen LogP contribution < -0.4 is 11.1 Å². The minimum atomic E-state index is -0.587. The van der Waals surface area contributed by atoms with Gasteiger partial charge in [0.15, 0.2) is 0 Å². The number of carbonyl (C=O) groups excluding carboxylic acids is 1. The predicted molar refractivity (Wildman–Crippen MR) is 87.4 cm³/mol. The molecule has 0 aliphatic carbocycles. The smallest absolute Gasteiger partial charge is 0.253 e. The van der Waals surface area contributed by atoms with Crippen molar-refractivity contribution in [2.45, 2.75) is 32.2 Å². The van der Waals surface area contributed by atoms with Gasteiger partial charge < -0.3 is 16.0 Å². The number of nitrogens with zero attached hydrogens (tertiary/aromatic N) is 2. The molecule has 0 aromatic carbocycles. The maximum absolute atomic E-state index is 12.6. The van der Waals surface area contributed by atoms with Gasteiger partial charge in [-0.3, -0.25) is 9.78 Å². The summed E-state index contributed by atoms with van der Waals surface area (Å²) in [6.07, 6.45) is 1.48. The van der Waals surface area contributed by atoms with Crippen molar-refractivity contribution in [3.63, 3.8) is 0 Å². The number of amides is 1. The van der Waals surface area contributed by atoms with Crippen LogP contribution in [0.4, 0.5) is 0 Å². The number of aryl methyl sites for hydroxylation is 2. The van der Waals surface area contributed by atoms with Crippen LogP contribution in [0, 0.1) is 13.8 Å². The zero-order valence-electron chi connectivity index (χ0n) is 12.8. The average Bonchev–Trinajstić information content (AvgIpc) is 2.41. The Hall–Kier alpha value is -1.53. The second-order valence-electron chi connectivity index (χ2n) is 5.79. The van der Waals surface area contributed by atoms with Gasteiger partial charge in [0.05, 0.1) is 21.8 Å². The third-order valence-electron chi connectivity index (χ3n) is 4.13. The number of piperidine rings is 1. The van der Waals surface area contributed by atoms with Crippen LogP contribution in [0.1, 0.15) is 34.6 Å². The van der Waals surface area contributed by atoms with Crippen LogP contribution in [-0.4, -0.2) is 46.5 Å². The van der Waals surface area contributed by atoms with E-state index in [4.69, 9.17) is 18.0 Å². The molecule has 1 fully saturated rings. The minimum absolute atomic E-state index is 0.155. The molecule has 1 aromatic heterocycles. The quantitative estimate of drug-likeness (QED) is 0.821. The van der Waals surface area contributed by atoms with Crippen molar-refractivity contribution < 1.29 is 4.79 Å². The van der Waals surface area contributed by atoms with Crippen LogP contribution in [0.3, 0.4) is 0 Å². The van der Waals surface area contributed by atoms with Gasteiger partial charge in [0.25, 0.3) is 5.91 Å². The Bertz CT molecular complexity index is 565. The maximum Gasteiger partial charge on any atom is 0.253 e. The summed E-state index contributed by atoms with van der Waals surface area (Å²) in [6.45, 7) is 5.47. The van der Waals surface area contributed by atoms with Crippen LogP contribution in [0.25, 0.3) is 0 Å². The number of aromatic nitrogens is 1. The standard InChI is InChI=1S/C15H22N4OS/c1-10-4-5-12(11(2)17-10)13(20)18-15(14(16)21)6-8-19(3)9-7-15/h4-5H,6-9H2,1-3H3,(H2,16,21)(H,18,20). The van der Waals surface area contributed by atoms with Gasteiger partial charge in [-0.05, 0) is 45.9 Å². The zero-order valence-corrected chi connectivity index (χ0v) is 13.6. The number of nitrogens with two attached hydrogens (primary N) is 1. The molecule has 0 radical (unpaired) electrons. The Morgan fingerprint density at radius 2 is 2.00 bits per heavy atom. The lowest BCUT2D eigenvalue weighted by Gasteiger charge is -2.40. The zero-order chi connectivity index (χ0) is 15.6. The van der Waals surface area contributed by atoms with Crippen LogP contribution in [0.2, 0.25) is 0 Å². The number of pyridine rings is 1. The number of rotatable bonds is 3. The van der Waals surface area contributed by atoms with Crippen molar-refractivity contribution in [1.82, 2.24) is 15.2 Å². The molecule has 0 saturated carbocycles. The van der Waals surface area contributed by atoms with Gasteiger partial charge in [0.2, 0.25) is 0 Å². The third-order valence-corrected chi connectivity index (χ3v) is 4.53. The molecule has 5 nitrogen and oxygen atoms in total. The molecule has 114 valence electrons. The number of carbonyl (C=O) groups is 1. The summed E-state index contributed by atoms with van der Waals surface area (Å²) in [7, 11) is 2.05. The van der Waals surface area contributed by atoms with E-state index in [0.717, 1.165) is 37.3 Å². The van der Waals surface area contributed by atoms with Crippen molar-refractivity contribution in [2.75, 3.05) is 20.1 Å². The molecular formula is C15H22N4OS. The van der Waals surface area contributed by atoms with Crippen molar-refractivity contribution in [1.29, 1.82) is 0 Å². The van der Waals surface area contributed by atoms with Crippen molar-refractivity contribution >= 4 is 23.1 Å². The molecule has 1 aliphatic heterocycles. The van der Waals surface area contributed by atoms with Gasteiger partial charge in [-0.25, -0.2) is 0 Å². The summed E-state index contributed by atoms with van der Waals surface area (Å²) in [6, 6.07) is 3.64. The Labute approximate surface area is 130 Å². The van der Waals surface area contributed by atoms with Crippen molar-refractivity contribution in [3.05, 3.63) is 29.1 Å². The highest BCUT2D eigenvalue weighted by Gasteiger charge is 2.38. The van der Waals surface area contributed by atoms with E-state index in [1.807, 2.05) is 19.9 Å². The number of hydrogen-bond donors (Lipinski definition) is 2. The van der Waals surface area contributed by atoms with Crippen LogP contribution in [0.15, 0.2) is 12.1 Å². The molecule has 0 bridgehead atoms. The van der Waals surface area contributed by atoms with Crippen LogP contribution >= 0.6 is 12.2 Å². The van der Waals surface area contributed by atoms with E-state index in [-0.39, 0.29) is 5.91 Å². The Balaban J connectivity index is 2.21. The predicted octanol–water partition coefficient (Wildman–Crippen LogP) is 1.18. The Kier molecular flexibility index (Phi) is 4.58. The average molecular weight is 306 g/mol. The fourth-order valence-corrected chi connectivity index (χ4v) is 2.90. The molecule has 6 heteroatoms. The van der Waals surface area contributed by atoms with Crippen molar-refractivity contribution in [2.24, 2.45) is 5.73 Å². The molecule has 3 N–H and O–H groups in total. The summed E-state index contributed by atoms with van der Waals surface area (Å²) in [4.78, 5) is 19.5. The summed E-state index contributed by atoms with van der Waals surface area (Å²) in [5, 5.41) is 3.06. The summed E-state index contributed by atoms with van der Waals surface area (Å²) < 4.78 is 0. The summed E-state index contributed by atoms with van der Waals surface area (Å²) in [5.74, 6) is -0.155. The lowest BCUT2D eigenvalue weighted by atomic mass is 9.87. The normalized spacial score (nSPS) is 18.2. The van der Waals surface area contributed by atoms with Crippen LogP contribution in [-0.2, 0) is 0 Å². The third kappa shape index (κ3) is 3.39. The highest BCUT2D eigenvalue weighted by atomic mass is 32.1. The van der Waals surface area contributed by atoms with E-state index in [2.05, 4.69) is 22.2 Å². The van der Waals surface area contributed by atoms with E-state index < -0.39 is 5.54 Å². The largest absolute Gasteiger partial charge is 0.391 e. The molecule has 0 atom stereocenters. The Morgan fingerprint density at radius 3 is 2.52 bits per heavy atom. The molecule has 1 saturated heterocycles. The highest BCUT2D eigenvalue weighted by Crippen LogP contribution is 2.23. The van der Waals surface area contributed by atoms with Crippen LogP contribution in [0.5, 0.6) is 0 Å². The lowest BCUT2D eigenvalue weighted by Crippen LogP contribution is -2.61. The molecule has 0 unspecified atom stereocenters. The van der Waals surface area contributed by atoms with Gasteiger partial charge in [-0.2, -0.15) is 0 Å². The molecule has 1 aromatic rings. The highest BCUT2D eigenvalue weighted by molar-refractivity contribution is 7.80. The second kappa shape index (κ2) is 6.07. The van der Waals surface area contributed by atoms with Gasteiger partial charge >= 0.3 is 0 Å². The van der Waals surface area contributed by atoms with Gasteiger partial charge in [-0.1, -0.05) is 12.2 Å². The first-order chi connectivity index (χ1) is 9.84. The number of thiocarbonyl (C=S) groups is 1. The molecule has 0 spiro atoms. The SMILES string of the molecule is Cc1ccc(C(=O)NC2(C(N)=S)CCN(C)CC2)c(C)n1. The van der Waals surface area contributed by atoms with Crippen molar-refractivity contribution in [3.8, 4) is 0 Å². The summed E-state index contributed by atoms with van der Waals surface area (Å²) >= 11 is 5.22.